The van der Waals surface area contributed by atoms with Crippen LogP contribution in [0.1, 0.15) is 21.7 Å². The standard InChI is InChI=1S/C13H13BrN4O2/c1-7-11(8(2)17-13(16-7)20-3)18-12(19)9-4-10(14)6-15-5-9/h4-6H,1-3H3,(H,18,19). The molecule has 0 bridgehead atoms. The van der Waals surface area contributed by atoms with Gasteiger partial charge >= 0.3 is 6.01 Å². The van der Waals surface area contributed by atoms with Crippen molar-refractivity contribution >= 4 is 27.5 Å². The Labute approximate surface area is 124 Å². The van der Waals surface area contributed by atoms with Crippen molar-refractivity contribution in [2.45, 2.75) is 13.8 Å². The Morgan fingerprint density at radius 3 is 2.45 bits per heavy atom. The first-order valence-electron chi connectivity index (χ1n) is 5.82. The zero-order valence-corrected chi connectivity index (χ0v) is 12.9. The number of aryl methyl sites for hydroxylation is 2. The topological polar surface area (TPSA) is 77.0 Å². The molecule has 0 aromatic carbocycles. The maximum absolute atomic E-state index is 12.2. The summed E-state index contributed by atoms with van der Waals surface area (Å²) in [6, 6.07) is 1.97. The highest BCUT2D eigenvalue weighted by Crippen LogP contribution is 2.20. The van der Waals surface area contributed by atoms with Crippen molar-refractivity contribution in [2.24, 2.45) is 0 Å². The van der Waals surface area contributed by atoms with Crippen molar-refractivity contribution in [2.75, 3.05) is 12.4 Å². The van der Waals surface area contributed by atoms with Crippen LogP contribution in [0.2, 0.25) is 0 Å². The molecule has 0 saturated heterocycles. The Balaban J connectivity index is 2.28. The molecule has 0 atom stereocenters. The molecular formula is C13H13BrN4O2. The van der Waals surface area contributed by atoms with Gasteiger partial charge in [0.15, 0.2) is 0 Å². The molecule has 0 spiro atoms. The molecule has 0 aliphatic rings. The second-order valence-corrected chi connectivity index (χ2v) is 5.02. The molecule has 2 rings (SSSR count). The highest BCUT2D eigenvalue weighted by atomic mass is 79.9. The molecule has 1 N–H and O–H groups in total. The van der Waals surface area contributed by atoms with E-state index in [0.29, 0.717) is 22.6 Å². The Hall–Kier alpha value is -2.02. The average Bonchev–Trinajstić information content (AvgIpc) is 2.42. The Morgan fingerprint density at radius 1 is 1.25 bits per heavy atom. The third kappa shape index (κ3) is 3.11. The molecule has 7 heteroatoms. The van der Waals surface area contributed by atoms with Crippen molar-refractivity contribution in [1.29, 1.82) is 0 Å². The van der Waals surface area contributed by atoms with E-state index >= 15 is 0 Å². The van der Waals surface area contributed by atoms with Crippen LogP contribution in [-0.2, 0) is 0 Å². The normalized spacial score (nSPS) is 10.2. The molecule has 0 unspecified atom stereocenters. The Kier molecular flexibility index (Phi) is 4.29. The van der Waals surface area contributed by atoms with Crippen LogP contribution in [0.4, 0.5) is 5.69 Å². The predicted octanol–water partition coefficient (Wildman–Crippen LogP) is 2.51. The van der Waals surface area contributed by atoms with Crippen molar-refractivity contribution < 1.29 is 9.53 Å². The molecule has 1 amide bonds. The largest absolute Gasteiger partial charge is 0.467 e. The molecule has 104 valence electrons. The van der Waals surface area contributed by atoms with E-state index in [-0.39, 0.29) is 11.9 Å². The predicted molar refractivity (Wildman–Crippen MR) is 77.9 cm³/mol. The van der Waals surface area contributed by atoms with Crippen LogP contribution in [0.25, 0.3) is 0 Å². The number of amides is 1. The number of carbonyl (C=O) groups excluding carboxylic acids is 1. The number of halogens is 1. The van der Waals surface area contributed by atoms with Gasteiger partial charge in [0, 0.05) is 16.9 Å². The van der Waals surface area contributed by atoms with Gasteiger partial charge in [-0.3, -0.25) is 9.78 Å². The summed E-state index contributed by atoms with van der Waals surface area (Å²) in [6.07, 6.45) is 3.11. The van der Waals surface area contributed by atoms with E-state index in [2.05, 4.69) is 36.2 Å². The summed E-state index contributed by atoms with van der Waals surface area (Å²) in [5, 5.41) is 2.79. The van der Waals surface area contributed by atoms with Gasteiger partial charge in [-0.05, 0) is 35.8 Å². The first-order valence-corrected chi connectivity index (χ1v) is 6.61. The fraction of sp³-hybridized carbons (Fsp3) is 0.231. The number of rotatable bonds is 3. The molecule has 2 aromatic heterocycles. The lowest BCUT2D eigenvalue weighted by Crippen LogP contribution is -2.15. The van der Waals surface area contributed by atoms with E-state index in [9.17, 15) is 4.79 Å². The molecule has 0 fully saturated rings. The fourth-order valence-corrected chi connectivity index (χ4v) is 2.04. The summed E-state index contributed by atoms with van der Waals surface area (Å²) in [7, 11) is 1.50. The van der Waals surface area contributed by atoms with Gasteiger partial charge in [-0.25, -0.2) is 0 Å². The van der Waals surface area contributed by atoms with Crippen LogP contribution >= 0.6 is 15.9 Å². The maximum atomic E-state index is 12.2. The molecule has 20 heavy (non-hydrogen) atoms. The van der Waals surface area contributed by atoms with Gasteiger partial charge in [-0.1, -0.05) is 0 Å². The first kappa shape index (κ1) is 14.4. The number of aromatic nitrogens is 3. The average molecular weight is 337 g/mol. The molecule has 2 heterocycles. The van der Waals surface area contributed by atoms with E-state index in [1.165, 1.54) is 13.3 Å². The maximum Gasteiger partial charge on any atom is 0.316 e. The van der Waals surface area contributed by atoms with E-state index in [4.69, 9.17) is 4.74 Å². The van der Waals surface area contributed by atoms with Crippen LogP contribution in [0, 0.1) is 13.8 Å². The van der Waals surface area contributed by atoms with Crippen LogP contribution in [0.15, 0.2) is 22.9 Å². The lowest BCUT2D eigenvalue weighted by atomic mass is 10.2. The van der Waals surface area contributed by atoms with Crippen molar-refractivity contribution in [3.05, 3.63) is 39.9 Å². The highest BCUT2D eigenvalue weighted by molar-refractivity contribution is 9.10. The third-order valence-corrected chi connectivity index (χ3v) is 3.07. The monoisotopic (exact) mass is 336 g/mol. The number of hydrogen-bond acceptors (Lipinski definition) is 5. The second-order valence-electron chi connectivity index (χ2n) is 4.10. The lowest BCUT2D eigenvalue weighted by molar-refractivity contribution is 0.102. The lowest BCUT2D eigenvalue weighted by Gasteiger charge is -2.11. The number of nitrogens with zero attached hydrogens (tertiary/aromatic N) is 3. The van der Waals surface area contributed by atoms with E-state index in [1.54, 1.807) is 26.1 Å². The van der Waals surface area contributed by atoms with Crippen LogP contribution in [0.3, 0.4) is 0 Å². The number of hydrogen-bond donors (Lipinski definition) is 1. The number of pyridine rings is 1. The third-order valence-electron chi connectivity index (χ3n) is 2.64. The quantitative estimate of drug-likeness (QED) is 0.931. The molecule has 6 nitrogen and oxygen atoms in total. The summed E-state index contributed by atoms with van der Waals surface area (Å²) < 4.78 is 5.73. The summed E-state index contributed by atoms with van der Waals surface area (Å²) in [5.74, 6) is -0.265. The zero-order chi connectivity index (χ0) is 14.7. The van der Waals surface area contributed by atoms with Gasteiger partial charge in [0.05, 0.1) is 29.7 Å². The van der Waals surface area contributed by atoms with Gasteiger partial charge in [-0.2, -0.15) is 9.97 Å². The van der Waals surface area contributed by atoms with E-state index < -0.39 is 0 Å². The van der Waals surface area contributed by atoms with Crippen LogP contribution in [0.5, 0.6) is 6.01 Å². The second kappa shape index (κ2) is 5.96. The zero-order valence-electron chi connectivity index (χ0n) is 11.3. The number of ether oxygens (including phenoxy) is 1. The van der Waals surface area contributed by atoms with E-state index in [1.807, 2.05) is 0 Å². The van der Waals surface area contributed by atoms with Crippen LogP contribution in [-0.4, -0.2) is 28.0 Å². The Bertz CT molecular complexity index is 638. The molecular weight excluding hydrogens is 324 g/mol. The summed E-state index contributed by atoms with van der Waals surface area (Å²) >= 11 is 3.28. The fourth-order valence-electron chi connectivity index (χ4n) is 1.68. The van der Waals surface area contributed by atoms with Gasteiger partial charge in [-0.15, -0.1) is 0 Å². The molecule has 0 saturated carbocycles. The van der Waals surface area contributed by atoms with E-state index in [0.717, 1.165) is 4.47 Å². The molecule has 0 aliphatic heterocycles. The smallest absolute Gasteiger partial charge is 0.316 e. The molecule has 2 aromatic rings. The SMILES string of the molecule is COc1nc(C)c(NC(=O)c2cncc(Br)c2)c(C)n1. The number of methoxy groups -OCH3 is 1. The highest BCUT2D eigenvalue weighted by Gasteiger charge is 2.13. The van der Waals surface area contributed by atoms with Gasteiger partial charge in [0.25, 0.3) is 5.91 Å². The van der Waals surface area contributed by atoms with Crippen molar-refractivity contribution in [1.82, 2.24) is 15.0 Å². The van der Waals surface area contributed by atoms with Gasteiger partial charge in [0.1, 0.15) is 0 Å². The van der Waals surface area contributed by atoms with Crippen molar-refractivity contribution in [3.8, 4) is 6.01 Å². The van der Waals surface area contributed by atoms with Crippen molar-refractivity contribution in [3.63, 3.8) is 0 Å². The Morgan fingerprint density at radius 2 is 1.90 bits per heavy atom. The van der Waals surface area contributed by atoms with Crippen LogP contribution < -0.4 is 10.1 Å². The minimum absolute atomic E-state index is 0.265. The van der Waals surface area contributed by atoms with Gasteiger partial charge in [0.2, 0.25) is 0 Å². The number of anilines is 1. The minimum atomic E-state index is -0.265. The van der Waals surface area contributed by atoms with Gasteiger partial charge < -0.3 is 10.1 Å². The first-order chi connectivity index (χ1) is 9.51. The summed E-state index contributed by atoms with van der Waals surface area (Å²) in [5.41, 5.74) is 2.32. The minimum Gasteiger partial charge on any atom is -0.467 e. The summed E-state index contributed by atoms with van der Waals surface area (Å²) in [6.45, 7) is 3.57. The molecule has 0 radical (unpaired) electrons. The summed E-state index contributed by atoms with van der Waals surface area (Å²) in [4.78, 5) is 24.4. The number of nitrogens with one attached hydrogen (secondary N) is 1. The molecule has 0 aliphatic carbocycles. The number of carbonyl (C=O) groups is 1.